The number of nitrogens with one attached hydrogen (secondary N) is 1. The Hall–Kier alpha value is -1.85. The molecule has 3 aromatic rings. The third-order valence-electron chi connectivity index (χ3n) is 4.61. The van der Waals surface area contributed by atoms with Crippen molar-refractivity contribution in [2.24, 2.45) is 5.92 Å². The highest BCUT2D eigenvalue weighted by Gasteiger charge is 2.34. The molecule has 1 amide bonds. The highest BCUT2D eigenvalue weighted by molar-refractivity contribution is 7.91. The number of pyridine rings is 1. The number of hydrogen-bond donors (Lipinski definition) is 1. The van der Waals surface area contributed by atoms with E-state index in [2.05, 4.69) is 15.3 Å². The van der Waals surface area contributed by atoms with Crippen molar-refractivity contribution in [3.05, 3.63) is 46.4 Å². The monoisotopic (exact) mass is 468 g/mol. The fraction of sp³-hybridized carbons (Fsp3) is 0.278. The summed E-state index contributed by atoms with van der Waals surface area (Å²) in [7, 11) is -3.64. The first kappa shape index (κ1) is 20.4. The number of nitrogens with zero attached hydrogens (tertiary/aromatic N) is 3. The second-order valence-electron chi connectivity index (χ2n) is 6.52. The number of amides is 1. The average molecular weight is 469 g/mol. The fourth-order valence-corrected chi connectivity index (χ4v) is 7.02. The zero-order valence-electron chi connectivity index (χ0n) is 15.1. The van der Waals surface area contributed by atoms with E-state index in [0.29, 0.717) is 28.9 Å². The summed E-state index contributed by atoms with van der Waals surface area (Å²) in [5, 5.41) is 5.19. The largest absolute Gasteiger partial charge is 0.302 e. The lowest BCUT2D eigenvalue weighted by Crippen LogP contribution is -2.43. The molecule has 11 heteroatoms. The molecule has 1 N–H and O–H groups in total. The quantitative estimate of drug-likeness (QED) is 0.611. The maximum atomic E-state index is 12.8. The van der Waals surface area contributed by atoms with E-state index in [1.807, 2.05) is 17.5 Å². The fourth-order valence-electron chi connectivity index (χ4n) is 3.13. The minimum absolute atomic E-state index is 0.145. The highest BCUT2D eigenvalue weighted by Crippen LogP contribution is 2.31. The van der Waals surface area contributed by atoms with Gasteiger partial charge < -0.3 is 5.32 Å². The standard InChI is InChI=1S/C18H17ClN4O3S3/c19-15-3-4-16(28-15)29(25,26)23-9-1-2-13(10-23)17(24)22-18-21-14(11-27-18)12-5-7-20-8-6-12/h3-8,11,13H,1-2,9-10H2,(H,21,22,24)/t13-/m1/s1. The summed E-state index contributed by atoms with van der Waals surface area (Å²) in [6.45, 7) is 0.539. The molecule has 152 valence electrons. The normalized spacial score (nSPS) is 17.9. The minimum atomic E-state index is -3.64. The van der Waals surface area contributed by atoms with Crippen LogP contribution in [0.25, 0.3) is 11.3 Å². The Balaban J connectivity index is 1.44. The molecule has 1 aliphatic heterocycles. The first-order chi connectivity index (χ1) is 13.9. The van der Waals surface area contributed by atoms with Crippen molar-refractivity contribution in [3.8, 4) is 11.3 Å². The molecule has 1 fully saturated rings. The number of carbonyl (C=O) groups excluding carboxylic acids is 1. The molecule has 0 aromatic carbocycles. The molecule has 0 radical (unpaired) electrons. The van der Waals surface area contributed by atoms with Crippen molar-refractivity contribution >= 4 is 55.3 Å². The summed E-state index contributed by atoms with van der Waals surface area (Å²) in [5.74, 6) is -0.646. The van der Waals surface area contributed by atoms with E-state index in [9.17, 15) is 13.2 Å². The van der Waals surface area contributed by atoms with Crippen LogP contribution in [-0.2, 0) is 14.8 Å². The molecular formula is C18H17ClN4O3S3. The predicted octanol–water partition coefficient (Wildman–Crippen LogP) is 3.96. The third kappa shape index (κ3) is 4.51. The van der Waals surface area contributed by atoms with E-state index in [4.69, 9.17) is 11.6 Å². The molecule has 1 atom stereocenters. The predicted molar refractivity (Wildman–Crippen MR) is 115 cm³/mol. The van der Waals surface area contributed by atoms with E-state index >= 15 is 0 Å². The van der Waals surface area contributed by atoms with Gasteiger partial charge in [-0.2, -0.15) is 4.31 Å². The molecule has 0 spiro atoms. The Labute approximate surface area is 181 Å². The lowest BCUT2D eigenvalue weighted by molar-refractivity contribution is -0.120. The smallest absolute Gasteiger partial charge is 0.252 e. The van der Waals surface area contributed by atoms with Crippen LogP contribution in [0.2, 0.25) is 4.34 Å². The molecule has 0 unspecified atom stereocenters. The summed E-state index contributed by atoms with van der Waals surface area (Å²) in [6, 6.07) is 6.76. The molecular weight excluding hydrogens is 452 g/mol. The topological polar surface area (TPSA) is 92.3 Å². The number of rotatable bonds is 5. The molecule has 7 nitrogen and oxygen atoms in total. The van der Waals surface area contributed by atoms with Gasteiger partial charge in [-0.05, 0) is 37.1 Å². The van der Waals surface area contributed by atoms with E-state index in [1.165, 1.54) is 21.7 Å². The number of halogens is 1. The van der Waals surface area contributed by atoms with Gasteiger partial charge in [0, 0.05) is 36.4 Å². The van der Waals surface area contributed by atoms with Crippen LogP contribution >= 0.6 is 34.3 Å². The summed E-state index contributed by atoms with van der Waals surface area (Å²) in [4.78, 5) is 21.2. The molecule has 0 saturated carbocycles. The third-order valence-corrected chi connectivity index (χ3v) is 8.93. The maximum absolute atomic E-state index is 12.8. The van der Waals surface area contributed by atoms with Gasteiger partial charge in [-0.3, -0.25) is 9.78 Å². The van der Waals surface area contributed by atoms with Crippen molar-refractivity contribution in [3.63, 3.8) is 0 Å². The van der Waals surface area contributed by atoms with Crippen molar-refractivity contribution in [1.29, 1.82) is 0 Å². The SMILES string of the molecule is O=C(Nc1nc(-c2ccncc2)cs1)[C@@H]1CCCN(S(=O)(=O)c2ccc(Cl)s2)C1. The van der Waals surface area contributed by atoms with E-state index < -0.39 is 15.9 Å². The van der Waals surface area contributed by atoms with Gasteiger partial charge in [0.05, 0.1) is 15.9 Å². The second kappa shape index (κ2) is 8.49. The lowest BCUT2D eigenvalue weighted by atomic mass is 9.99. The number of aromatic nitrogens is 2. The molecule has 0 aliphatic carbocycles. The molecule has 1 saturated heterocycles. The number of sulfonamides is 1. The number of carbonyl (C=O) groups is 1. The van der Waals surface area contributed by atoms with Crippen LogP contribution in [0.3, 0.4) is 0 Å². The number of anilines is 1. The molecule has 1 aliphatic rings. The van der Waals surface area contributed by atoms with Crippen LogP contribution in [0.4, 0.5) is 5.13 Å². The van der Waals surface area contributed by atoms with E-state index in [-0.39, 0.29) is 16.7 Å². The molecule has 29 heavy (non-hydrogen) atoms. The Bertz CT molecular complexity index is 1110. The Morgan fingerprint density at radius 1 is 1.24 bits per heavy atom. The van der Waals surface area contributed by atoms with Crippen LogP contribution in [0.15, 0.2) is 46.2 Å². The first-order valence-corrected chi connectivity index (χ1v) is 12.4. The van der Waals surface area contributed by atoms with Crippen LogP contribution in [-0.4, -0.2) is 41.7 Å². The van der Waals surface area contributed by atoms with Crippen LogP contribution < -0.4 is 5.32 Å². The van der Waals surface area contributed by atoms with Crippen molar-refractivity contribution in [2.45, 2.75) is 17.1 Å². The minimum Gasteiger partial charge on any atom is -0.302 e. The Morgan fingerprint density at radius 2 is 2.03 bits per heavy atom. The number of thiophene rings is 1. The van der Waals surface area contributed by atoms with Crippen LogP contribution in [0.5, 0.6) is 0 Å². The lowest BCUT2D eigenvalue weighted by Gasteiger charge is -2.30. The molecule has 4 heterocycles. The number of hydrogen-bond acceptors (Lipinski definition) is 7. The number of piperidine rings is 1. The van der Waals surface area contributed by atoms with Crippen LogP contribution in [0.1, 0.15) is 12.8 Å². The van der Waals surface area contributed by atoms with Gasteiger partial charge in [-0.15, -0.1) is 22.7 Å². The van der Waals surface area contributed by atoms with Gasteiger partial charge in [0.25, 0.3) is 10.0 Å². The average Bonchev–Trinajstić information content (AvgIpc) is 3.38. The van der Waals surface area contributed by atoms with E-state index in [0.717, 1.165) is 22.6 Å². The first-order valence-electron chi connectivity index (χ1n) is 8.86. The zero-order chi connectivity index (χ0) is 20.4. The van der Waals surface area contributed by atoms with Crippen molar-refractivity contribution in [1.82, 2.24) is 14.3 Å². The van der Waals surface area contributed by atoms with Gasteiger partial charge >= 0.3 is 0 Å². The zero-order valence-corrected chi connectivity index (χ0v) is 18.3. The summed E-state index contributed by atoms with van der Waals surface area (Å²) in [5.41, 5.74) is 1.68. The highest BCUT2D eigenvalue weighted by atomic mass is 35.5. The van der Waals surface area contributed by atoms with Crippen molar-refractivity contribution in [2.75, 3.05) is 18.4 Å². The summed E-state index contributed by atoms with van der Waals surface area (Å²) >= 11 is 8.24. The maximum Gasteiger partial charge on any atom is 0.252 e. The summed E-state index contributed by atoms with van der Waals surface area (Å²) in [6.07, 6.45) is 4.62. The number of thiazole rings is 1. The Morgan fingerprint density at radius 3 is 2.76 bits per heavy atom. The molecule has 3 aromatic heterocycles. The van der Waals surface area contributed by atoms with Gasteiger partial charge in [0.2, 0.25) is 5.91 Å². The summed E-state index contributed by atoms with van der Waals surface area (Å²) < 4.78 is 27.6. The van der Waals surface area contributed by atoms with Gasteiger partial charge in [0.15, 0.2) is 5.13 Å². The molecule has 4 rings (SSSR count). The van der Waals surface area contributed by atoms with Crippen LogP contribution in [0, 0.1) is 5.92 Å². The van der Waals surface area contributed by atoms with Gasteiger partial charge in [0.1, 0.15) is 4.21 Å². The van der Waals surface area contributed by atoms with Gasteiger partial charge in [-0.1, -0.05) is 11.6 Å². The van der Waals surface area contributed by atoms with Gasteiger partial charge in [-0.25, -0.2) is 13.4 Å². The van der Waals surface area contributed by atoms with E-state index in [1.54, 1.807) is 18.5 Å². The molecule has 0 bridgehead atoms. The second-order valence-corrected chi connectivity index (χ2v) is 11.3. The Kier molecular flexibility index (Phi) is 5.98. The van der Waals surface area contributed by atoms with Crippen molar-refractivity contribution < 1.29 is 13.2 Å².